The number of guanidine groups is 1. The van der Waals surface area contributed by atoms with Crippen molar-refractivity contribution in [3.05, 3.63) is 0 Å². The van der Waals surface area contributed by atoms with Crippen LogP contribution in [0.25, 0.3) is 0 Å². The molecule has 1 unspecified atom stereocenters. The molecule has 1 rings (SSSR count). The van der Waals surface area contributed by atoms with E-state index in [9.17, 15) is 8.42 Å². The van der Waals surface area contributed by atoms with Gasteiger partial charge >= 0.3 is 0 Å². The average Bonchev–Trinajstić information content (AvgIpc) is 2.55. The average molecular weight is 489 g/mol. The van der Waals surface area contributed by atoms with Crippen molar-refractivity contribution in [3.63, 3.8) is 0 Å². The fourth-order valence-corrected chi connectivity index (χ4v) is 3.44. The second-order valence-electron chi connectivity index (χ2n) is 6.87. The van der Waals surface area contributed by atoms with Crippen molar-refractivity contribution < 1.29 is 13.2 Å². The van der Waals surface area contributed by atoms with Gasteiger partial charge in [-0.2, -0.15) is 0 Å². The summed E-state index contributed by atoms with van der Waals surface area (Å²) in [6.45, 7) is 3.51. The second kappa shape index (κ2) is 14.0. The number of hydrogen-bond acceptors (Lipinski definition) is 4. The highest BCUT2D eigenvalue weighted by Crippen LogP contribution is 2.27. The van der Waals surface area contributed by atoms with Crippen molar-refractivity contribution in [1.82, 2.24) is 10.6 Å². The van der Waals surface area contributed by atoms with E-state index in [1.807, 2.05) is 0 Å². The Hall–Kier alpha value is -0.0900. The van der Waals surface area contributed by atoms with Gasteiger partial charge in [-0.1, -0.05) is 32.1 Å². The van der Waals surface area contributed by atoms with E-state index in [1.54, 1.807) is 7.05 Å². The number of nitrogens with one attached hydrogen (secondary N) is 2. The SMILES string of the molecule is CN=C(NCCOCCS(C)(=O)=O)NC(C)CCC1CCCCC1.I. The Morgan fingerprint density at radius 2 is 1.92 bits per heavy atom. The van der Waals surface area contributed by atoms with Gasteiger partial charge < -0.3 is 15.4 Å². The fourth-order valence-electron chi connectivity index (χ4n) is 3.02. The molecule has 0 aromatic carbocycles. The summed E-state index contributed by atoms with van der Waals surface area (Å²) in [5.41, 5.74) is 0. The van der Waals surface area contributed by atoms with Crippen LogP contribution in [0, 0.1) is 5.92 Å². The van der Waals surface area contributed by atoms with Crippen LogP contribution in [0.3, 0.4) is 0 Å². The Labute approximate surface area is 170 Å². The van der Waals surface area contributed by atoms with E-state index < -0.39 is 9.84 Å². The Morgan fingerprint density at radius 1 is 1.24 bits per heavy atom. The van der Waals surface area contributed by atoms with Gasteiger partial charge in [0, 0.05) is 25.9 Å². The third kappa shape index (κ3) is 13.7. The van der Waals surface area contributed by atoms with Gasteiger partial charge in [-0.05, 0) is 25.7 Å². The minimum atomic E-state index is -2.95. The molecule has 1 atom stereocenters. The second-order valence-corrected chi connectivity index (χ2v) is 9.13. The quantitative estimate of drug-likeness (QED) is 0.214. The lowest BCUT2D eigenvalue weighted by Crippen LogP contribution is -2.43. The normalized spacial score (nSPS) is 17.6. The Kier molecular flexibility index (Phi) is 14.0. The van der Waals surface area contributed by atoms with Crippen LogP contribution in [-0.2, 0) is 14.6 Å². The van der Waals surface area contributed by atoms with Crippen molar-refractivity contribution in [1.29, 1.82) is 0 Å². The Morgan fingerprint density at radius 3 is 2.52 bits per heavy atom. The smallest absolute Gasteiger partial charge is 0.191 e. The maximum Gasteiger partial charge on any atom is 0.191 e. The first-order valence-electron chi connectivity index (χ1n) is 9.13. The van der Waals surface area contributed by atoms with E-state index in [-0.39, 0.29) is 36.3 Å². The molecule has 0 radical (unpaired) electrons. The van der Waals surface area contributed by atoms with Gasteiger partial charge in [0.1, 0.15) is 9.84 Å². The van der Waals surface area contributed by atoms with Gasteiger partial charge in [-0.15, -0.1) is 24.0 Å². The molecule has 1 aliphatic rings. The largest absolute Gasteiger partial charge is 0.379 e. The molecule has 1 saturated carbocycles. The molecule has 25 heavy (non-hydrogen) atoms. The summed E-state index contributed by atoms with van der Waals surface area (Å²) >= 11 is 0. The van der Waals surface area contributed by atoms with Crippen molar-refractivity contribution in [2.75, 3.05) is 38.8 Å². The van der Waals surface area contributed by atoms with Crippen LogP contribution in [0.5, 0.6) is 0 Å². The topological polar surface area (TPSA) is 79.8 Å². The van der Waals surface area contributed by atoms with Crippen LogP contribution < -0.4 is 10.6 Å². The highest BCUT2D eigenvalue weighted by Gasteiger charge is 2.14. The van der Waals surface area contributed by atoms with Crippen molar-refractivity contribution in [3.8, 4) is 0 Å². The van der Waals surface area contributed by atoms with Crippen LogP contribution >= 0.6 is 24.0 Å². The molecule has 1 aliphatic carbocycles. The molecular formula is C17H36IN3O3S. The van der Waals surface area contributed by atoms with E-state index in [4.69, 9.17) is 4.74 Å². The zero-order valence-corrected chi connectivity index (χ0v) is 19.1. The van der Waals surface area contributed by atoms with Gasteiger partial charge in [-0.25, -0.2) is 8.42 Å². The minimum absolute atomic E-state index is 0. The number of sulfone groups is 1. The maximum atomic E-state index is 11.0. The summed E-state index contributed by atoms with van der Waals surface area (Å²) in [4.78, 5) is 4.22. The van der Waals surface area contributed by atoms with E-state index in [0.29, 0.717) is 19.2 Å². The molecule has 8 heteroatoms. The molecule has 150 valence electrons. The number of hydrogen-bond donors (Lipinski definition) is 2. The van der Waals surface area contributed by atoms with Gasteiger partial charge in [-0.3, -0.25) is 4.99 Å². The minimum Gasteiger partial charge on any atom is -0.379 e. The number of ether oxygens (including phenoxy) is 1. The van der Waals surface area contributed by atoms with Crippen LogP contribution in [0.15, 0.2) is 4.99 Å². The highest BCUT2D eigenvalue weighted by molar-refractivity contribution is 14.0. The summed E-state index contributed by atoms with van der Waals surface area (Å²) in [6, 6.07) is 0.393. The van der Waals surface area contributed by atoms with Crippen molar-refractivity contribution in [2.45, 2.75) is 57.9 Å². The van der Waals surface area contributed by atoms with E-state index >= 15 is 0 Å². The lowest BCUT2D eigenvalue weighted by atomic mass is 9.85. The molecule has 0 aliphatic heterocycles. The first-order valence-corrected chi connectivity index (χ1v) is 11.2. The summed E-state index contributed by atoms with van der Waals surface area (Å²) in [5, 5.41) is 6.61. The first-order chi connectivity index (χ1) is 11.4. The number of nitrogens with zero attached hydrogens (tertiary/aromatic N) is 1. The molecule has 6 nitrogen and oxygen atoms in total. The van der Waals surface area contributed by atoms with E-state index in [2.05, 4.69) is 22.5 Å². The Balaban J connectivity index is 0.00000576. The molecule has 0 heterocycles. The third-order valence-electron chi connectivity index (χ3n) is 4.48. The maximum absolute atomic E-state index is 11.0. The summed E-state index contributed by atoms with van der Waals surface area (Å²) in [6.07, 6.45) is 10.7. The summed E-state index contributed by atoms with van der Waals surface area (Å²) in [7, 11) is -1.19. The van der Waals surface area contributed by atoms with Gasteiger partial charge in [0.2, 0.25) is 0 Å². The molecule has 0 saturated heterocycles. The molecule has 0 amide bonds. The molecule has 0 aromatic heterocycles. The fraction of sp³-hybridized carbons (Fsp3) is 0.941. The molecule has 0 bridgehead atoms. The predicted molar refractivity (Wildman–Crippen MR) is 116 cm³/mol. The third-order valence-corrected chi connectivity index (χ3v) is 5.38. The summed E-state index contributed by atoms with van der Waals surface area (Å²) < 4.78 is 27.3. The lowest BCUT2D eigenvalue weighted by molar-refractivity contribution is 0.154. The Bertz CT molecular complexity index is 466. The summed E-state index contributed by atoms with van der Waals surface area (Å²) in [5.74, 6) is 1.75. The van der Waals surface area contributed by atoms with Crippen LogP contribution in [-0.4, -0.2) is 59.2 Å². The zero-order valence-electron chi connectivity index (χ0n) is 15.9. The van der Waals surface area contributed by atoms with E-state index in [1.165, 1.54) is 44.8 Å². The molecule has 2 N–H and O–H groups in total. The van der Waals surface area contributed by atoms with Crippen LogP contribution in [0.2, 0.25) is 0 Å². The van der Waals surface area contributed by atoms with Crippen LogP contribution in [0.4, 0.5) is 0 Å². The first kappa shape index (κ1) is 24.9. The standard InChI is InChI=1S/C17H35N3O3S.HI/c1-15(9-10-16-7-5-4-6-8-16)20-17(18-2)19-11-12-23-13-14-24(3,21)22;/h15-16H,4-14H2,1-3H3,(H2,18,19,20);1H. The van der Waals surface area contributed by atoms with Crippen molar-refractivity contribution >= 4 is 39.8 Å². The molecular weight excluding hydrogens is 453 g/mol. The molecule has 0 spiro atoms. The van der Waals surface area contributed by atoms with Crippen molar-refractivity contribution in [2.24, 2.45) is 10.9 Å². The highest BCUT2D eigenvalue weighted by atomic mass is 127. The van der Waals surface area contributed by atoms with Gasteiger partial charge in [0.25, 0.3) is 0 Å². The van der Waals surface area contributed by atoms with Crippen LogP contribution in [0.1, 0.15) is 51.9 Å². The zero-order chi connectivity index (χ0) is 17.8. The monoisotopic (exact) mass is 489 g/mol. The van der Waals surface area contributed by atoms with Gasteiger partial charge in [0.05, 0.1) is 19.0 Å². The number of rotatable bonds is 10. The van der Waals surface area contributed by atoms with Gasteiger partial charge in [0.15, 0.2) is 5.96 Å². The molecule has 0 aromatic rings. The predicted octanol–water partition coefficient (Wildman–Crippen LogP) is 2.58. The molecule has 1 fully saturated rings. The lowest BCUT2D eigenvalue weighted by Gasteiger charge is -2.24. The number of aliphatic imine (C=N–C) groups is 1. The van der Waals surface area contributed by atoms with E-state index in [0.717, 1.165) is 18.3 Å². The number of halogens is 1.